The summed E-state index contributed by atoms with van der Waals surface area (Å²) < 4.78 is 1.89. The van der Waals surface area contributed by atoms with Crippen LogP contribution in [0.4, 0.5) is 0 Å². The second-order valence-corrected chi connectivity index (χ2v) is 5.97. The molecule has 21 heavy (non-hydrogen) atoms. The fourth-order valence-electron chi connectivity index (χ4n) is 2.36. The summed E-state index contributed by atoms with van der Waals surface area (Å²) in [5.41, 5.74) is 10.2. The number of likely N-dealkylation sites (N-methyl/N-ethyl adjacent to an activating group) is 1. The number of hydrogen-bond donors (Lipinski definition) is 1. The van der Waals surface area contributed by atoms with Crippen LogP contribution in [0, 0.1) is 13.8 Å². The smallest absolute Gasteiger partial charge is 0.0837 e. The maximum atomic E-state index is 6.42. The number of aromatic nitrogens is 3. The normalized spacial score (nSPS) is 12.9. The second-order valence-electron chi connectivity index (χ2n) is 5.57. The molecule has 1 atom stereocenters. The molecule has 2 aromatic rings. The summed E-state index contributed by atoms with van der Waals surface area (Å²) in [6.07, 6.45) is 1.66. The van der Waals surface area contributed by atoms with Crippen LogP contribution in [0.2, 0.25) is 5.02 Å². The molecule has 0 saturated carbocycles. The van der Waals surface area contributed by atoms with Crippen molar-refractivity contribution in [2.24, 2.45) is 5.73 Å². The minimum atomic E-state index is -0.303. The van der Waals surface area contributed by atoms with Gasteiger partial charge in [-0.15, -0.1) is 0 Å². The highest BCUT2D eigenvalue weighted by atomic mass is 35.5. The fourth-order valence-corrected chi connectivity index (χ4v) is 2.62. The highest BCUT2D eigenvalue weighted by molar-refractivity contribution is 6.31. The molecule has 0 radical (unpaired) electrons. The van der Waals surface area contributed by atoms with Gasteiger partial charge in [0.1, 0.15) is 0 Å². The molecule has 114 valence electrons. The predicted molar refractivity (Wildman–Crippen MR) is 85.5 cm³/mol. The van der Waals surface area contributed by atoms with Crippen LogP contribution in [0.25, 0.3) is 0 Å². The molecule has 0 aliphatic carbocycles. The Morgan fingerprint density at radius 1 is 1.29 bits per heavy atom. The van der Waals surface area contributed by atoms with Gasteiger partial charge in [0, 0.05) is 17.9 Å². The monoisotopic (exact) mass is 307 g/mol. The standard InChI is InChI=1S/C15H22ClN5/c1-10-7-12(8-11(2)19-10)14(17)15-13(16)9-18-21(15)6-5-20(3)4/h7-9,14H,5-6,17H2,1-4H3. The Bertz CT molecular complexity index is 600. The van der Waals surface area contributed by atoms with E-state index in [1.54, 1.807) is 6.20 Å². The van der Waals surface area contributed by atoms with E-state index in [2.05, 4.69) is 15.0 Å². The molecule has 2 heterocycles. The summed E-state index contributed by atoms with van der Waals surface area (Å²) >= 11 is 6.29. The number of hydrogen-bond acceptors (Lipinski definition) is 4. The van der Waals surface area contributed by atoms with Crippen LogP contribution in [0.5, 0.6) is 0 Å². The minimum absolute atomic E-state index is 0.303. The van der Waals surface area contributed by atoms with Crippen molar-refractivity contribution >= 4 is 11.6 Å². The van der Waals surface area contributed by atoms with Gasteiger partial charge in [-0.3, -0.25) is 9.67 Å². The van der Waals surface area contributed by atoms with E-state index in [0.29, 0.717) is 5.02 Å². The zero-order valence-electron chi connectivity index (χ0n) is 13.0. The molecule has 2 aromatic heterocycles. The van der Waals surface area contributed by atoms with Crippen molar-refractivity contribution in [3.05, 3.63) is 46.0 Å². The maximum absolute atomic E-state index is 6.42. The van der Waals surface area contributed by atoms with Crippen LogP contribution in [0.1, 0.15) is 28.7 Å². The van der Waals surface area contributed by atoms with Crippen LogP contribution in [0.3, 0.4) is 0 Å². The third-order valence-electron chi connectivity index (χ3n) is 3.35. The first-order valence-electron chi connectivity index (χ1n) is 6.95. The Kier molecular flexibility index (Phi) is 4.98. The molecule has 5 nitrogen and oxygen atoms in total. The summed E-state index contributed by atoms with van der Waals surface area (Å²) in [6, 6.07) is 3.69. The lowest BCUT2D eigenvalue weighted by Crippen LogP contribution is -2.23. The van der Waals surface area contributed by atoms with Crippen molar-refractivity contribution in [3.63, 3.8) is 0 Å². The quantitative estimate of drug-likeness (QED) is 0.919. The van der Waals surface area contributed by atoms with Crippen molar-refractivity contribution in [1.29, 1.82) is 0 Å². The topological polar surface area (TPSA) is 60.0 Å². The van der Waals surface area contributed by atoms with E-state index < -0.39 is 0 Å². The highest BCUT2D eigenvalue weighted by Gasteiger charge is 2.19. The average Bonchev–Trinajstić information content (AvgIpc) is 2.75. The van der Waals surface area contributed by atoms with Crippen LogP contribution >= 0.6 is 11.6 Å². The number of nitrogens with zero attached hydrogens (tertiary/aromatic N) is 4. The summed E-state index contributed by atoms with van der Waals surface area (Å²) in [6.45, 7) is 5.57. The summed E-state index contributed by atoms with van der Waals surface area (Å²) in [4.78, 5) is 6.49. The molecule has 0 aliphatic rings. The first-order chi connectivity index (χ1) is 9.88. The van der Waals surface area contributed by atoms with E-state index in [4.69, 9.17) is 17.3 Å². The molecule has 0 bridgehead atoms. The van der Waals surface area contributed by atoms with Gasteiger partial charge in [-0.05, 0) is 45.6 Å². The summed E-state index contributed by atoms with van der Waals surface area (Å²) in [5, 5.41) is 4.95. The van der Waals surface area contributed by atoms with Gasteiger partial charge >= 0.3 is 0 Å². The third kappa shape index (κ3) is 3.81. The van der Waals surface area contributed by atoms with E-state index in [9.17, 15) is 0 Å². The highest BCUT2D eigenvalue weighted by Crippen LogP contribution is 2.27. The molecule has 0 spiro atoms. The van der Waals surface area contributed by atoms with Crippen molar-refractivity contribution in [3.8, 4) is 0 Å². The van der Waals surface area contributed by atoms with Crippen LogP contribution in [-0.2, 0) is 6.54 Å². The Morgan fingerprint density at radius 2 is 1.90 bits per heavy atom. The van der Waals surface area contributed by atoms with E-state index in [1.165, 1.54) is 0 Å². The van der Waals surface area contributed by atoms with Crippen LogP contribution in [-0.4, -0.2) is 40.3 Å². The molecular formula is C15H22ClN5. The third-order valence-corrected chi connectivity index (χ3v) is 3.64. The number of aryl methyl sites for hydroxylation is 2. The van der Waals surface area contributed by atoms with Crippen LogP contribution in [0.15, 0.2) is 18.3 Å². The first kappa shape index (κ1) is 15.9. The van der Waals surface area contributed by atoms with Crippen molar-refractivity contribution in [2.75, 3.05) is 20.6 Å². The van der Waals surface area contributed by atoms with Crippen LogP contribution < -0.4 is 5.73 Å². The lowest BCUT2D eigenvalue weighted by molar-refractivity contribution is 0.368. The predicted octanol–water partition coefficient (Wildman–Crippen LogP) is 2.16. The van der Waals surface area contributed by atoms with Gasteiger partial charge in [-0.2, -0.15) is 5.10 Å². The molecule has 1 unspecified atom stereocenters. The molecular weight excluding hydrogens is 286 g/mol. The van der Waals surface area contributed by atoms with E-state index >= 15 is 0 Å². The lowest BCUT2D eigenvalue weighted by atomic mass is 10.0. The van der Waals surface area contributed by atoms with E-state index in [-0.39, 0.29) is 6.04 Å². The Balaban J connectivity index is 2.33. The first-order valence-corrected chi connectivity index (χ1v) is 7.33. The van der Waals surface area contributed by atoms with Gasteiger partial charge in [0.15, 0.2) is 0 Å². The molecule has 2 rings (SSSR count). The van der Waals surface area contributed by atoms with Gasteiger partial charge in [0.2, 0.25) is 0 Å². The maximum Gasteiger partial charge on any atom is 0.0837 e. The molecule has 0 aromatic carbocycles. The Morgan fingerprint density at radius 3 is 2.48 bits per heavy atom. The average molecular weight is 308 g/mol. The molecule has 2 N–H and O–H groups in total. The molecule has 0 fully saturated rings. The zero-order chi connectivity index (χ0) is 15.6. The van der Waals surface area contributed by atoms with Gasteiger partial charge in [0.25, 0.3) is 0 Å². The van der Waals surface area contributed by atoms with E-state index in [1.807, 2.05) is 44.8 Å². The Labute approximate surface area is 130 Å². The van der Waals surface area contributed by atoms with Gasteiger partial charge < -0.3 is 10.6 Å². The molecule has 0 amide bonds. The van der Waals surface area contributed by atoms with E-state index in [0.717, 1.165) is 35.7 Å². The van der Waals surface area contributed by atoms with Gasteiger partial charge in [-0.25, -0.2) is 0 Å². The van der Waals surface area contributed by atoms with Crippen molar-refractivity contribution in [1.82, 2.24) is 19.7 Å². The SMILES string of the molecule is Cc1cc(C(N)c2c(Cl)cnn2CCN(C)C)cc(C)n1. The summed E-state index contributed by atoms with van der Waals surface area (Å²) in [5.74, 6) is 0. The fraction of sp³-hybridized carbons (Fsp3) is 0.467. The van der Waals surface area contributed by atoms with Crippen molar-refractivity contribution in [2.45, 2.75) is 26.4 Å². The van der Waals surface area contributed by atoms with Gasteiger partial charge in [0.05, 0.1) is 29.5 Å². The minimum Gasteiger partial charge on any atom is -0.319 e. The molecule has 6 heteroatoms. The second kappa shape index (κ2) is 6.56. The number of nitrogens with two attached hydrogens (primary N) is 1. The molecule has 0 saturated heterocycles. The van der Waals surface area contributed by atoms with Crippen molar-refractivity contribution < 1.29 is 0 Å². The zero-order valence-corrected chi connectivity index (χ0v) is 13.7. The lowest BCUT2D eigenvalue weighted by Gasteiger charge is -2.17. The number of pyridine rings is 1. The number of halogens is 1. The van der Waals surface area contributed by atoms with Gasteiger partial charge in [-0.1, -0.05) is 11.6 Å². The summed E-state index contributed by atoms with van der Waals surface area (Å²) in [7, 11) is 4.06. The molecule has 0 aliphatic heterocycles. The Hall–Kier alpha value is -1.43. The number of rotatable bonds is 5. The largest absolute Gasteiger partial charge is 0.319 e.